The molecule has 0 unspecified atom stereocenters. The molecule has 1 N–H and O–H groups in total. The quantitative estimate of drug-likeness (QED) is 0.846. The third kappa shape index (κ3) is 3.19. The number of pyridine rings is 1. The molecule has 1 aliphatic rings. The lowest BCUT2D eigenvalue weighted by molar-refractivity contribution is 0.0783. The van der Waals surface area contributed by atoms with Gasteiger partial charge in [0.05, 0.1) is 0 Å². The second-order valence-corrected chi connectivity index (χ2v) is 4.59. The minimum absolute atomic E-state index is 0.0108. The van der Waals surface area contributed by atoms with E-state index in [1.807, 2.05) is 26.1 Å². The molecule has 0 spiro atoms. The van der Waals surface area contributed by atoms with Gasteiger partial charge in [-0.1, -0.05) is 0 Å². The van der Waals surface area contributed by atoms with E-state index >= 15 is 0 Å². The molecule has 0 saturated heterocycles. The molecule has 0 radical (unpaired) electrons. The number of carbonyl (C=O) groups is 1. The fourth-order valence-electron chi connectivity index (χ4n) is 1.83. The second-order valence-electron chi connectivity index (χ2n) is 4.59. The van der Waals surface area contributed by atoms with Gasteiger partial charge in [-0.05, 0) is 37.8 Å². The van der Waals surface area contributed by atoms with Gasteiger partial charge in [0.25, 0.3) is 5.91 Å². The van der Waals surface area contributed by atoms with Crippen molar-refractivity contribution in [1.29, 1.82) is 0 Å². The Morgan fingerprint density at radius 2 is 2.35 bits per heavy atom. The number of nitrogens with zero attached hydrogens (tertiary/aromatic N) is 2. The van der Waals surface area contributed by atoms with Crippen molar-refractivity contribution in [1.82, 2.24) is 9.88 Å². The third-order valence-electron chi connectivity index (χ3n) is 2.94. The van der Waals surface area contributed by atoms with Gasteiger partial charge in [-0.2, -0.15) is 0 Å². The summed E-state index contributed by atoms with van der Waals surface area (Å²) in [5.74, 6) is 0.720. The predicted molar refractivity (Wildman–Crippen MR) is 68.1 cm³/mol. The molecule has 4 heteroatoms. The molecule has 1 aliphatic carbocycles. The summed E-state index contributed by atoms with van der Waals surface area (Å²) in [6.45, 7) is 3.72. The summed E-state index contributed by atoms with van der Waals surface area (Å²) in [6, 6.07) is 3.69. The van der Waals surface area contributed by atoms with Gasteiger partial charge in [-0.25, -0.2) is 0 Å². The Hall–Kier alpha value is -1.58. The number of carbonyl (C=O) groups excluding carboxylic acids is 1. The fourth-order valence-corrected chi connectivity index (χ4v) is 1.83. The summed E-state index contributed by atoms with van der Waals surface area (Å²) in [6.07, 6.45) is 4.18. The van der Waals surface area contributed by atoms with Crippen molar-refractivity contribution in [2.24, 2.45) is 5.92 Å². The van der Waals surface area contributed by atoms with Crippen molar-refractivity contribution in [3.05, 3.63) is 24.0 Å². The van der Waals surface area contributed by atoms with Crippen LogP contribution in [0.2, 0.25) is 0 Å². The first kappa shape index (κ1) is 11.9. The van der Waals surface area contributed by atoms with E-state index in [9.17, 15) is 4.79 Å². The minimum Gasteiger partial charge on any atom is -0.385 e. The number of hydrogen-bond donors (Lipinski definition) is 1. The van der Waals surface area contributed by atoms with Gasteiger partial charge in [-0.15, -0.1) is 0 Å². The molecule has 1 saturated carbocycles. The molecule has 92 valence electrons. The van der Waals surface area contributed by atoms with Crippen LogP contribution in [0.4, 0.5) is 5.69 Å². The first-order chi connectivity index (χ1) is 8.20. The first-order valence-electron chi connectivity index (χ1n) is 6.16. The molecule has 1 aromatic rings. The lowest BCUT2D eigenvalue weighted by atomic mass is 10.2. The van der Waals surface area contributed by atoms with E-state index < -0.39 is 0 Å². The summed E-state index contributed by atoms with van der Waals surface area (Å²) in [4.78, 5) is 18.0. The summed E-state index contributed by atoms with van der Waals surface area (Å²) >= 11 is 0. The van der Waals surface area contributed by atoms with Crippen LogP contribution in [0.1, 0.15) is 30.3 Å². The van der Waals surface area contributed by atoms with Crippen LogP contribution in [0.25, 0.3) is 0 Å². The maximum atomic E-state index is 12.1. The molecule has 2 rings (SSSR count). The van der Waals surface area contributed by atoms with Crippen molar-refractivity contribution in [2.75, 3.05) is 25.5 Å². The smallest absolute Gasteiger partial charge is 0.272 e. The predicted octanol–water partition coefficient (Wildman–Crippen LogP) is 2.00. The molecule has 1 aromatic heterocycles. The van der Waals surface area contributed by atoms with Gasteiger partial charge < -0.3 is 10.2 Å². The first-order valence-corrected chi connectivity index (χ1v) is 6.16. The molecular formula is C13H19N3O. The van der Waals surface area contributed by atoms with Crippen molar-refractivity contribution in [3.8, 4) is 0 Å². The Balaban J connectivity index is 2.03. The molecular weight excluding hydrogens is 214 g/mol. The normalized spacial score (nSPS) is 14.5. The SMILES string of the molecule is CCNc1ccnc(C(=O)N(C)CC2CC2)c1. The summed E-state index contributed by atoms with van der Waals surface area (Å²) in [5.41, 5.74) is 1.47. The highest BCUT2D eigenvalue weighted by Gasteiger charge is 2.25. The molecule has 4 nitrogen and oxygen atoms in total. The fraction of sp³-hybridized carbons (Fsp3) is 0.538. The number of hydrogen-bond acceptors (Lipinski definition) is 3. The van der Waals surface area contributed by atoms with Gasteiger partial charge in [0.15, 0.2) is 0 Å². The summed E-state index contributed by atoms with van der Waals surface area (Å²) < 4.78 is 0. The van der Waals surface area contributed by atoms with Crippen molar-refractivity contribution < 1.29 is 4.79 Å². The molecule has 0 bridgehead atoms. The molecule has 0 aromatic carbocycles. The number of nitrogens with one attached hydrogen (secondary N) is 1. The highest BCUT2D eigenvalue weighted by atomic mass is 16.2. The Bertz CT molecular complexity index is 401. The number of anilines is 1. The van der Waals surface area contributed by atoms with Gasteiger partial charge in [-0.3, -0.25) is 9.78 Å². The zero-order valence-electron chi connectivity index (χ0n) is 10.4. The topological polar surface area (TPSA) is 45.2 Å². The average Bonchev–Trinajstić information content (AvgIpc) is 3.13. The van der Waals surface area contributed by atoms with E-state index in [1.165, 1.54) is 12.8 Å². The van der Waals surface area contributed by atoms with Crippen LogP contribution in [0.3, 0.4) is 0 Å². The van der Waals surface area contributed by atoms with E-state index in [0.29, 0.717) is 11.6 Å². The summed E-state index contributed by atoms with van der Waals surface area (Å²) in [7, 11) is 1.85. The van der Waals surface area contributed by atoms with Gasteiger partial charge in [0, 0.05) is 32.0 Å². The monoisotopic (exact) mass is 233 g/mol. The van der Waals surface area contributed by atoms with Crippen LogP contribution in [0, 0.1) is 5.92 Å². The van der Waals surface area contributed by atoms with Gasteiger partial charge in [0.1, 0.15) is 5.69 Å². The molecule has 0 aliphatic heterocycles. The Labute approximate surface area is 102 Å². The van der Waals surface area contributed by atoms with E-state index in [0.717, 1.165) is 18.8 Å². The molecule has 1 amide bonds. The molecule has 1 heterocycles. The summed E-state index contributed by atoms with van der Waals surface area (Å²) in [5, 5.41) is 3.18. The standard InChI is InChI=1S/C13H19N3O/c1-3-14-11-6-7-15-12(8-11)13(17)16(2)9-10-4-5-10/h6-8,10H,3-5,9H2,1-2H3,(H,14,15). The largest absolute Gasteiger partial charge is 0.385 e. The Morgan fingerprint density at radius 3 is 3.00 bits per heavy atom. The zero-order chi connectivity index (χ0) is 12.3. The van der Waals surface area contributed by atoms with Crippen LogP contribution < -0.4 is 5.32 Å². The maximum Gasteiger partial charge on any atom is 0.272 e. The number of aromatic nitrogens is 1. The molecule has 1 fully saturated rings. The third-order valence-corrected chi connectivity index (χ3v) is 2.94. The van der Waals surface area contributed by atoms with Crippen LogP contribution in [-0.2, 0) is 0 Å². The van der Waals surface area contributed by atoms with Gasteiger partial charge >= 0.3 is 0 Å². The lowest BCUT2D eigenvalue weighted by Crippen LogP contribution is -2.29. The van der Waals surface area contributed by atoms with Crippen LogP contribution in [0.5, 0.6) is 0 Å². The Kier molecular flexibility index (Phi) is 3.61. The average molecular weight is 233 g/mol. The van der Waals surface area contributed by atoms with E-state index in [1.54, 1.807) is 11.1 Å². The zero-order valence-corrected chi connectivity index (χ0v) is 10.4. The van der Waals surface area contributed by atoms with Crippen LogP contribution in [-0.4, -0.2) is 35.9 Å². The molecule has 0 atom stereocenters. The highest BCUT2D eigenvalue weighted by Crippen LogP contribution is 2.29. The Morgan fingerprint density at radius 1 is 1.59 bits per heavy atom. The van der Waals surface area contributed by atoms with Gasteiger partial charge in [0.2, 0.25) is 0 Å². The van der Waals surface area contributed by atoms with E-state index in [2.05, 4.69) is 10.3 Å². The van der Waals surface area contributed by atoms with Crippen molar-refractivity contribution >= 4 is 11.6 Å². The maximum absolute atomic E-state index is 12.1. The highest BCUT2D eigenvalue weighted by molar-refractivity contribution is 5.93. The van der Waals surface area contributed by atoms with E-state index in [-0.39, 0.29) is 5.91 Å². The van der Waals surface area contributed by atoms with Crippen molar-refractivity contribution in [2.45, 2.75) is 19.8 Å². The van der Waals surface area contributed by atoms with E-state index in [4.69, 9.17) is 0 Å². The van der Waals surface area contributed by atoms with Crippen molar-refractivity contribution in [3.63, 3.8) is 0 Å². The lowest BCUT2D eigenvalue weighted by Gasteiger charge is -2.16. The second kappa shape index (κ2) is 5.17. The number of amides is 1. The van der Waals surface area contributed by atoms with Crippen LogP contribution >= 0.6 is 0 Å². The molecule has 17 heavy (non-hydrogen) atoms. The van der Waals surface area contributed by atoms with Crippen LogP contribution in [0.15, 0.2) is 18.3 Å². The minimum atomic E-state index is 0.0108. The number of rotatable bonds is 5.